The van der Waals surface area contributed by atoms with E-state index in [9.17, 15) is 4.79 Å². The summed E-state index contributed by atoms with van der Waals surface area (Å²) in [5, 5.41) is 15.3. The van der Waals surface area contributed by atoms with E-state index in [0.717, 1.165) is 17.7 Å². The minimum absolute atomic E-state index is 0.0710. The Hall–Kier alpha value is -2.51. The molecule has 0 aliphatic rings. The summed E-state index contributed by atoms with van der Waals surface area (Å²) in [6.45, 7) is 0.780. The van der Waals surface area contributed by atoms with Crippen LogP contribution < -0.4 is 10.6 Å². The summed E-state index contributed by atoms with van der Waals surface area (Å²) in [6.07, 6.45) is 0.764. The van der Waals surface area contributed by atoms with Crippen molar-refractivity contribution in [1.29, 1.82) is 5.26 Å². The van der Waals surface area contributed by atoms with Crippen molar-refractivity contribution in [2.75, 3.05) is 18.4 Å². The Bertz CT molecular complexity index is 660. The zero-order valence-electron chi connectivity index (χ0n) is 12.0. The molecule has 22 heavy (non-hydrogen) atoms. The zero-order chi connectivity index (χ0) is 15.8. The molecule has 0 unspecified atom stereocenters. The van der Waals surface area contributed by atoms with Gasteiger partial charge in [-0.2, -0.15) is 5.26 Å². The van der Waals surface area contributed by atoms with Gasteiger partial charge >= 0.3 is 0 Å². The van der Waals surface area contributed by atoms with Crippen molar-refractivity contribution in [2.24, 2.45) is 0 Å². The first-order valence-electron chi connectivity index (χ1n) is 6.92. The summed E-state index contributed by atoms with van der Waals surface area (Å²) in [5.74, 6) is -0.0710. The number of rotatable bonds is 6. The fourth-order valence-corrected chi connectivity index (χ4v) is 2.03. The quantitative estimate of drug-likeness (QED) is 0.861. The number of nitrogens with one attached hydrogen (secondary N) is 2. The van der Waals surface area contributed by atoms with Crippen LogP contribution >= 0.6 is 11.6 Å². The molecule has 2 aromatic carbocycles. The predicted molar refractivity (Wildman–Crippen MR) is 87.8 cm³/mol. The molecule has 4 nitrogen and oxygen atoms in total. The first-order chi connectivity index (χ1) is 10.7. The van der Waals surface area contributed by atoms with E-state index in [0.29, 0.717) is 17.1 Å². The number of halogens is 1. The molecule has 5 heteroatoms. The van der Waals surface area contributed by atoms with Crippen LogP contribution in [0, 0.1) is 11.3 Å². The number of nitrogens with zero attached hydrogens (tertiary/aromatic N) is 1. The lowest BCUT2D eigenvalue weighted by Gasteiger charge is -2.08. The number of amides is 1. The predicted octanol–water partition coefficient (Wildman–Crippen LogP) is 2.98. The summed E-state index contributed by atoms with van der Waals surface area (Å²) in [6, 6.07) is 16.6. The molecule has 1 amide bonds. The average Bonchev–Trinajstić information content (AvgIpc) is 2.55. The fourth-order valence-electron chi connectivity index (χ4n) is 1.90. The van der Waals surface area contributed by atoms with Crippen LogP contribution in [0.3, 0.4) is 0 Å². The minimum Gasteiger partial charge on any atom is -0.376 e. The van der Waals surface area contributed by atoms with Crippen molar-refractivity contribution in [3.8, 4) is 6.07 Å². The van der Waals surface area contributed by atoms with E-state index >= 15 is 0 Å². The van der Waals surface area contributed by atoms with Crippen molar-refractivity contribution in [1.82, 2.24) is 5.32 Å². The lowest BCUT2D eigenvalue weighted by molar-refractivity contribution is -0.119. The maximum Gasteiger partial charge on any atom is 0.239 e. The van der Waals surface area contributed by atoms with Crippen LogP contribution in [-0.2, 0) is 11.2 Å². The highest BCUT2D eigenvalue weighted by Gasteiger charge is 2.01. The van der Waals surface area contributed by atoms with Crippen molar-refractivity contribution in [3.63, 3.8) is 0 Å². The lowest BCUT2D eigenvalue weighted by Crippen LogP contribution is -2.31. The van der Waals surface area contributed by atoms with Crippen LogP contribution in [0.1, 0.15) is 11.1 Å². The number of benzene rings is 2. The van der Waals surface area contributed by atoms with E-state index < -0.39 is 0 Å². The zero-order valence-corrected chi connectivity index (χ0v) is 12.7. The van der Waals surface area contributed by atoms with Crippen molar-refractivity contribution < 1.29 is 4.79 Å². The molecule has 0 atom stereocenters. The molecule has 0 heterocycles. The van der Waals surface area contributed by atoms with Gasteiger partial charge in [-0.05, 0) is 48.4 Å². The SMILES string of the molecule is N#Cc1ccc(NCC(=O)NCCc2ccc(Cl)cc2)cc1. The van der Waals surface area contributed by atoms with Crippen LogP contribution in [0.2, 0.25) is 5.02 Å². The Morgan fingerprint density at radius 2 is 1.77 bits per heavy atom. The number of carbonyl (C=O) groups excluding carboxylic acids is 1. The van der Waals surface area contributed by atoms with Gasteiger partial charge < -0.3 is 10.6 Å². The van der Waals surface area contributed by atoms with Gasteiger partial charge in [0.05, 0.1) is 18.2 Å². The number of hydrogen-bond donors (Lipinski definition) is 2. The van der Waals surface area contributed by atoms with Gasteiger partial charge in [-0.3, -0.25) is 4.79 Å². The lowest BCUT2D eigenvalue weighted by atomic mass is 10.1. The molecule has 0 spiro atoms. The largest absolute Gasteiger partial charge is 0.376 e. The molecule has 0 aromatic heterocycles. The third-order valence-corrected chi connectivity index (χ3v) is 3.37. The van der Waals surface area contributed by atoms with Crippen molar-refractivity contribution >= 4 is 23.2 Å². The van der Waals surface area contributed by atoms with E-state index in [1.165, 1.54) is 0 Å². The molecule has 0 fully saturated rings. The number of carbonyl (C=O) groups is 1. The van der Waals surface area contributed by atoms with Gasteiger partial charge in [-0.1, -0.05) is 23.7 Å². The summed E-state index contributed by atoms with van der Waals surface area (Å²) >= 11 is 5.82. The molecule has 0 aliphatic heterocycles. The molecule has 0 aliphatic carbocycles. The molecule has 2 rings (SSSR count). The van der Waals surface area contributed by atoms with Gasteiger partial charge in [0.25, 0.3) is 0 Å². The Kier molecular flexibility index (Phi) is 5.81. The molecule has 2 N–H and O–H groups in total. The van der Waals surface area contributed by atoms with Crippen LogP contribution in [-0.4, -0.2) is 19.0 Å². The van der Waals surface area contributed by atoms with Gasteiger partial charge in [-0.15, -0.1) is 0 Å². The van der Waals surface area contributed by atoms with E-state index in [2.05, 4.69) is 16.7 Å². The third-order valence-electron chi connectivity index (χ3n) is 3.12. The summed E-state index contributed by atoms with van der Waals surface area (Å²) in [4.78, 5) is 11.7. The third kappa shape index (κ3) is 5.12. The molecular weight excluding hydrogens is 298 g/mol. The van der Waals surface area contributed by atoms with Crippen LogP contribution in [0.5, 0.6) is 0 Å². The molecule has 112 valence electrons. The van der Waals surface area contributed by atoms with Crippen molar-refractivity contribution in [3.05, 3.63) is 64.7 Å². The van der Waals surface area contributed by atoms with E-state index in [1.54, 1.807) is 24.3 Å². The first kappa shape index (κ1) is 15.9. The Morgan fingerprint density at radius 3 is 2.41 bits per heavy atom. The van der Waals surface area contributed by atoms with Gasteiger partial charge in [0, 0.05) is 17.3 Å². The van der Waals surface area contributed by atoms with Crippen LogP contribution in [0.15, 0.2) is 48.5 Å². The minimum atomic E-state index is -0.0710. The van der Waals surface area contributed by atoms with Crippen LogP contribution in [0.25, 0.3) is 0 Å². The highest BCUT2D eigenvalue weighted by atomic mass is 35.5. The normalized spacial score (nSPS) is 9.82. The molecule has 0 radical (unpaired) electrons. The summed E-state index contributed by atoms with van der Waals surface area (Å²) < 4.78 is 0. The molecule has 0 bridgehead atoms. The molecule has 0 saturated heterocycles. The van der Waals surface area contributed by atoms with Gasteiger partial charge in [0.2, 0.25) is 5.91 Å². The highest BCUT2D eigenvalue weighted by molar-refractivity contribution is 6.30. The second-order valence-corrected chi connectivity index (χ2v) is 5.21. The van der Waals surface area contributed by atoms with E-state index in [1.807, 2.05) is 24.3 Å². The highest BCUT2D eigenvalue weighted by Crippen LogP contribution is 2.10. The van der Waals surface area contributed by atoms with Gasteiger partial charge in [-0.25, -0.2) is 0 Å². The fraction of sp³-hybridized carbons (Fsp3) is 0.176. The summed E-state index contributed by atoms with van der Waals surface area (Å²) in [5.41, 5.74) is 2.54. The maximum atomic E-state index is 11.7. The molecule has 0 saturated carbocycles. The topological polar surface area (TPSA) is 64.9 Å². The number of nitriles is 1. The van der Waals surface area contributed by atoms with E-state index in [-0.39, 0.29) is 12.5 Å². The second kappa shape index (κ2) is 8.06. The summed E-state index contributed by atoms with van der Waals surface area (Å²) in [7, 11) is 0. The average molecular weight is 314 g/mol. The smallest absolute Gasteiger partial charge is 0.239 e. The molecular formula is C17H16ClN3O. The standard InChI is InChI=1S/C17H16ClN3O/c18-15-5-1-13(2-6-15)9-10-20-17(22)12-21-16-7-3-14(11-19)4-8-16/h1-8,21H,9-10,12H2,(H,20,22). The van der Waals surface area contributed by atoms with Gasteiger partial charge in [0.1, 0.15) is 0 Å². The second-order valence-electron chi connectivity index (χ2n) is 4.77. The van der Waals surface area contributed by atoms with Gasteiger partial charge in [0.15, 0.2) is 0 Å². The number of hydrogen-bond acceptors (Lipinski definition) is 3. The Balaban J connectivity index is 1.69. The maximum absolute atomic E-state index is 11.7. The van der Waals surface area contributed by atoms with E-state index in [4.69, 9.17) is 16.9 Å². The van der Waals surface area contributed by atoms with Crippen LogP contribution in [0.4, 0.5) is 5.69 Å². The molecule has 2 aromatic rings. The van der Waals surface area contributed by atoms with Crippen molar-refractivity contribution in [2.45, 2.75) is 6.42 Å². The Morgan fingerprint density at radius 1 is 1.09 bits per heavy atom. The Labute approximate surface area is 134 Å². The first-order valence-corrected chi connectivity index (χ1v) is 7.30. The monoisotopic (exact) mass is 313 g/mol. The number of anilines is 1.